The number of aromatic nitrogens is 2. The van der Waals surface area contributed by atoms with Crippen molar-refractivity contribution in [3.05, 3.63) is 41.5 Å². The van der Waals surface area contributed by atoms with Crippen molar-refractivity contribution in [2.24, 2.45) is 0 Å². The Morgan fingerprint density at radius 2 is 2.32 bits per heavy atom. The van der Waals surface area contributed by atoms with Gasteiger partial charge in [0.2, 0.25) is 0 Å². The molecule has 134 valence electrons. The van der Waals surface area contributed by atoms with Gasteiger partial charge < -0.3 is 14.8 Å². The molecule has 0 radical (unpaired) electrons. The van der Waals surface area contributed by atoms with Crippen LogP contribution in [0.1, 0.15) is 48.8 Å². The van der Waals surface area contributed by atoms with E-state index in [4.69, 9.17) is 9.47 Å². The van der Waals surface area contributed by atoms with Crippen molar-refractivity contribution in [3.8, 4) is 5.75 Å². The Morgan fingerprint density at radius 1 is 1.48 bits per heavy atom. The van der Waals surface area contributed by atoms with Gasteiger partial charge in [-0.3, -0.25) is 9.89 Å². The van der Waals surface area contributed by atoms with Crippen molar-refractivity contribution in [2.45, 2.75) is 38.7 Å². The fraction of sp³-hybridized carbons (Fsp3) is 0.444. The van der Waals surface area contributed by atoms with Gasteiger partial charge in [-0.15, -0.1) is 0 Å². The Balaban J connectivity index is 1.71. The monoisotopic (exact) mass is 347 g/mol. The number of carbonyl (C=O) groups is 1. The fourth-order valence-electron chi connectivity index (χ4n) is 2.62. The number of ether oxygens (including phenoxy) is 2. The summed E-state index contributed by atoms with van der Waals surface area (Å²) in [6.07, 6.45) is 1.99. The zero-order valence-corrected chi connectivity index (χ0v) is 14.3. The molecule has 0 unspecified atom stereocenters. The van der Waals surface area contributed by atoms with Crippen molar-refractivity contribution in [2.75, 3.05) is 18.5 Å². The predicted octanol–water partition coefficient (Wildman–Crippen LogP) is 3.48. The molecule has 0 spiro atoms. The zero-order chi connectivity index (χ0) is 17.8. The van der Waals surface area contributed by atoms with Gasteiger partial charge in [-0.25, -0.2) is 4.39 Å². The second-order valence-corrected chi connectivity index (χ2v) is 6.40. The van der Waals surface area contributed by atoms with E-state index in [9.17, 15) is 9.18 Å². The van der Waals surface area contributed by atoms with Gasteiger partial charge in [-0.2, -0.15) is 5.10 Å². The number of hydrogen-bond acceptors (Lipinski definition) is 4. The van der Waals surface area contributed by atoms with Crippen LogP contribution >= 0.6 is 0 Å². The molecule has 1 aliphatic rings. The molecule has 1 aromatic heterocycles. The average Bonchev–Trinajstić information content (AvgIpc) is 3.26. The molecule has 7 heteroatoms. The van der Waals surface area contributed by atoms with Crippen LogP contribution in [0.25, 0.3) is 0 Å². The van der Waals surface area contributed by atoms with Gasteiger partial charge in [0.25, 0.3) is 5.91 Å². The highest BCUT2D eigenvalue weighted by molar-refractivity contribution is 6.03. The molecule has 0 saturated carbocycles. The molecule has 0 bridgehead atoms. The molecule has 25 heavy (non-hydrogen) atoms. The highest BCUT2D eigenvalue weighted by Gasteiger charge is 2.19. The number of nitrogens with zero attached hydrogens (tertiary/aromatic N) is 1. The predicted molar refractivity (Wildman–Crippen MR) is 91.5 cm³/mol. The summed E-state index contributed by atoms with van der Waals surface area (Å²) in [4.78, 5) is 12.4. The molecule has 1 amide bonds. The summed E-state index contributed by atoms with van der Waals surface area (Å²) in [7, 11) is 0. The van der Waals surface area contributed by atoms with Crippen molar-refractivity contribution >= 4 is 11.6 Å². The Hall–Kier alpha value is -2.41. The molecule has 6 nitrogen and oxygen atoms in total. The highest BCUT2D eigenvalue weighted by atomic mass is 19.1. The van der Waals surface area contributed by atoms with Crippen LogP contribution in [0.15, 0.2) is 24.3 Å². The first kappa shape index (κ1) is 17.4. The van der Waals surface area contributed by atoms with Crippen molar-refractivity contribution in [1.29, 1.82) is 0 Å². The first-order valence-corrected chi connectivity index (χ1v) is 8.43. The van der Waals surface area contributed by atoms with Gasteiger partial charge in [0, 0.05) is 18.4 Å². The van der Waals surface area contributed by atoms with Crippen LogP contribution in [0, 0.1) is 5.82 Å². The van der Waals surface area contributed by atoms with E-state index in [-0.39, 0.29) is 23.4 Å². The summed E-state index contributed by atoms with van der Waals surface area (Å²) in [5, 5.41) is 9.50. The molecule has 1 fully saturated rings. The van der Waals surface area contributed by atoms with Gasteiger partial charge >= 0.3 is 0 Å². The minimum Gasteiger partial charge on any atom is -0.489 e. The van der Waals surface area contributed by atoms with Crippen molar-refractivity contribution in [1.82, 2.24) is 10.2 Å². The summed E-state index contributed by atoms with van der Waals surface area (Å²) < 4.78 is 24.8. The Morgan fingerprint density at radius 3 is 3.00 bits per heavy atom. The van der Waals surface area contributed by atoms with E-state index in [2.05, 4.69) is 15.5 Å². The summed E-state index contributed by atoms with van der Waals surface area (Å²) >= 11 is 0. The van der Waals surface area contributed by atoms with E-state index in [1.54, 1.807) is 6.07 Å². The van der Waals surface area contributed by atoms with Gasteiger partial charge in [0.15, 0.2) is 5.69 Å². The van der Waals surface area contributed by atoms with E-state index in [0.717, 1.165) is 25.1 Å². The van der Waals surface area contributed by atoms with Crippen molar-refractivity contribution < 1.29 is 18.7 Å². The molecule has 1 aromatic carbocycles. The normalized spacial score (nSPS) is 17.0. The molecule has 1 atom stereocenters. The zero-order valence-electron chi connectivity index (χ0n) is 14.3. The van der Waals surface area contributed by atoms with Gasteiger partial charge in [0.05, 0.1) is 11.8 Å². The lowest BCUT2D eigenvalue weighted by Crippen LogP contribution is -2.18. The van der Waals surface area contributed by atoms with E-state index < -0.39 is 11.7 Å². The smallest absolute Gasteiger partial charge is 0.276 e. The first-order chi connectivity index (χ1) is 12.0. The number of nitrogens with one attached hydrogen (secondary N) is 2. The van der Waals surface area contributed by atoms with Crippen molar-refractivity contribution in [3.63, 3.8) is 0 Å². The Labute approximate surface area is 145 Å². The van der Waals surface area contributed by atoms with Crippen LogP contribution in [-0.2, 0) is 4.74 Å². The average molecular weight is 347 g/mol. The Bertz CT molecular complexity index is 739. The van der Waals surface area contributed by atoms with Gasteiger partial charge in [0.1, 0.15) is 18.2 Å². The van der Waals surface area contributed by atoms with E-state index in [0.29, 0.717) is 12.4 Å². The van der Waals surface area contributed by atoms with Crippen LogP contribution in [0.3, 0.4) is 0 Å². The number of H-pyrrole nitrogens is 1. The number of benzene rings is 1. The minimum atomic E-state index is -0.454. The van der Waals surface area contributed by atoms with E-state index in [1.165, 1.54) is 18.2 Å². The molecule has 0 aliphatic carbocycles. The molecule has 2 aromatic rings. The number of amides is 1. The summed E-state index contributed by atoms with van der Waals surface area (Å²) in [5.41, 5.74) is 1.38. The standard InChI is InChI=1S/C18H22FN3O3/c1-11(2)14-9-16(22-21-14)18(23)20-15-8-12(19)5-6-17(15)25-10-13-4-3-7-24-13/h5-6,8-9,11,13H,3-4,7,10H2,1-2H3,(H,20,23)(H,21,22)/t13-/m0/s1. The third-order valence-corrected chi connectivity index (χ3v) is 4.09. The van der Waals surface area contributed by atoms with Crippen LogP contribution in [0.4, 0.5) is 10.1 Å². The van der Waals surface area contributed by atoms with E-state index >= 15 is 0 Å². The number of halogens is 1. The van der Waals surface area contributed by atoms with Gasteiger partial charge in [-0.1, -0.05) is 13.8 Å². The maximum Gasteiger partial charge on any atom is 0.276 e. The fourth-order valence-corrected chi connectivity index (χ4v) is 2.62. The van der Waals surface area contributed by atoms with Crippen LogP contribution in [0.2, 0.25) is 0 Å². The lowest BCUT2D eigenvalue weighted by Gasteiger charge is -2.15. The molecule has 2 N–H and O–H groups in total. The molecule has 1 saturated heterocycles. The third kappa shape index (κ3) is 4.36. The summed E-state index contributed by atoms with van der Waals surface area (Å²) in [6, 6.07) is 5.72. The highest BCUT2D eigenvalue weighted by Crippen LogP contribution is 2.27. The Kier molecular flexibility index (Phi) is 5.33. The molecular weight excluding hydrogens is 325 g/mol. The first-order valence-electron chi connectivity index (χ1n) is 8.43. The maximum atomic E-state index is 13.6. The maximum absolute atomic E-state index is 13.6. The van der Waals surface area contributed by atoms with Crippen LogP contribution in [-0.4, -0.2) is 35.4 Å². The topological polar surface area (TPSA) is 76.2 Å². The largest absolute Gasteiger partial charge is 0.489 e. The van der Waals surface area contributed by atoms with E-state index in [1.807, 2.05) is 13.8 Å². The summed E-state index contributed by atoms with van der Waals surface area (Å²) in [6.45, 7) is 5.10. The lowest BCUT2D eigenvalue weighted by molar-refractivity contribution is 0.0681. The number of anilines is 1. The van der Waals surface area contributed by atoms with Gasteiger partial charge in [-0.05, 0) is 37.0 Å². The lowest BCUT2D eigenvalue weighted by atomic mass is 10.1. The number of aromatic amines is 1. The second kappa shape index (κ2) is 7.65. The third-order valence-electron chi connectivity index (χ3n) is 4.09. The van der Waals surface area contributed by atoms with Crippen LogP contribution in [0.5, 0.6) is 5.75 Å². The number of hydrogen-bond donors (Lipinski definition) is 2. The molecular formula is C18H22FN3O3. The summed E-state index contributed by atoms with van der Waals surface area (Å²) in [5.74, 6) is -0.237. The second-order valence-electron chi connectivity index (χ2n) is 6.40. The molecule has 2 heterocycles. The molecule has 3 rings (SSSR count). The number of carbonyl (C=O) groups excluding carboxylic acids is 1. The SMILES string of the molecule is CC(C)c1cc(C(=O)Nc2cc(F)ccc2OC[C@@H]2CCCO2)n[nH]1. The quantitative estimate of drug-likeness (QED) is 0.839. The number of rotatable bonds is 6. The van der Waals surface area contributed by atoms with Crippen LogP contribution < -0.4 is 10.1 Å². The minimum absolute atomic E-state index is 0.0357. The molecule has 1 aliphatic heterocycles.